The highest BCUT2D eigenvalue weighted by Gasteiger charge is 2.52. The molecule has 0 spiro atoms. The van der Waals surface area contributed by atoms with Gasteiger partial charge in [0.1, 0.15) is 11.3 Å². The molecule has 8 rings (SSSR count). The number of nitrogens with zero attached hydrogens (tertiary/aromatic N) is 5. The molecule has 11 heteroatoms. The Morgan fingerprint density at radius 1 is 1.04 bits per heavy atom. The van der Waals surface area contributed by atoms with Gasteiger partial charge >= 0.3 is 0 Å². The Labute approximate surface area is 286 Å². The van der Waals surface area contributed by atoms with E-state index in [1.807, 2.05) is 35.4 Å². The minimum Gasteiger partial charge on any atom is -0.378 e. The molecular weight excluding hydrogens is 621 g/mol. The molecule has 2 aromatic heterocycles. The van der Waals surface area contributed by atoms with Crippen molar-refractivity contribution in [3.8, 4) is 11.3 Å². The van der Waals surface area contributed by atoms with Gasteiger partial charge in [-0.1, -0.05) is 12.1 Å². The first-order valence-electron chi connectivity index (χ1n) is 17.5. The number of ether oxygens (including phenoxy) is 1. The van der Waals surface area contributed by atoms with E-state index in [1.54, 1.807) is 20.3 Å². The Bertz CT molecular complexity index is 1980. The number of carbonyl (C=O) groups is 2. The van der Waals surface area contributed by atoms with Gasteiger partial charge in [0, 0.05) is 54.1 Å². The molecule has 2 saturated heterocycles. The molecule has 2 N–H and O–H groups in total. The third-order valence-electron chi connectivity index (χ3n) is 11.3. The number of amides is 2. The van der Waals surface area contributed by atoms with Crippen LogP contribution in [-0.2, 0) is 14.9 Å². The van der Waals surface area contributed by atoms with Crippen LogP contribution in [-0.4, -0.2) is 75.7 Å². The number of aryl methyl sites for hydroxylation is 1. The van der Waals surface area contributed by atoms with Gasteiger partial charge in [0.25, 0.3) is 5.91 Å². The first kappa shape index (κ1) is 31.9. The predicted molar refractivity (Wildman–Crippen MR) is 188 cm³/mol. The number of morpholine rings is 1. The van der Waals surface area contributed by atoms with Crippen LogP contribution in [0.2, 0.25) is 0 Å². The van der Waals surface area contributed by atoms with E-state index in [2.05, 4.69) is 41.5 Å². The average molecular weight is 666 g/mol. The monoisotopic (exact) mass is 665 g/mol. The number of rotatable bonds is 7. The standard InChI is InChI=1S/C38H44FN7O3/c1-20(2)44-19-41-32-16-30(42-35(34(32)44)43-31-15-27(36(47)40-6)21(3)11-29(31)39)22-7-10-28-33(12-22)46(37(48)38(28,4)5)26-13-25(14-26)45-23-8-9-24(45)18-49-17-23/h7,10-12,15-16,19-20,23-26H,8-9,13-14,17-18H2,1-6H3,(H,40,47)(H,42,43)/t23?,24?,25-,26+. The lowest BCUT2D eigenvalue weighted by molar-refractivity contribution is -0.123. The Morgan fingerprint density at radius 2 is 1.78 bits per heavy atom. The smallest absolute Gasteiger partial charge is 0.251 e. The summed E-state index contributed by atoms with van der Waals surface area (Å²) in [5.74, 6) is -0.217. The molecule has 49 heavy (non-hydrogen) atoms. The molecule has 1 aliphatic carbocycles. The fourth-order valence-corrected chi connectivity index (χ4v) is 8.54. The number of hydrogen-bond acceptors (Lipinski definition) is 7. The Morgan fingerprint density at radius 3 is 2.47 bits per heavy atom. The van der Waals surface area contributed by atoms with E-state index in [1.165, 1.54) is 25.0 Å². The van der Waals surface area contributed by atoms with E-state index in [0.29, 0.717) is 46.3 Å². The van der Waals surface area contributed by atoms with Crippen LogP contribution in [0.1, 0.15) is 80.9 Å². The second-order valence-corrected chi connectivity index (χ2v) is 15.0. The zero-order chi connectivity index (χ0) is 34.4. The molecule has 4 aromatic rings. The quantitative estimate of drug-likeness (QED) is 0.241. The summed E-state index contributed by atoms with van der Waals surface area (Å²) in [4.78, 5) is 41.1. The van der Waals surface area contributed by atoms with Crippen molar-refractivity contribution < 1.29 is 18.7 Å². The molecule has 2 amide bonds. The normalized spacial score (nSPS) is 24.4. The van der Waals surface area contributed by atoms with E-state index in [9.17, 15) is 9.59 Å². The molecule has 2 bridgehead atoms. The topological polar surface area (TPSA) is 105 Å². The number of nitrogens with one attached hydrogen (secondary N) is 2. The van der Waals surface area contributed by atoms with Crippen molar-refractivity contribution in [2.24, 2.45) is 0 Å². The maximum Gasteiger partial charge on any atom is 0.251 e. The average Bonchev–Trinajstić information content (AvgIpc) is 3.65. The molecule has 2 aromatic carbocycles. The van der Waals surface area contributed by atoms with E-state index < -0.39 is 11.2 Å². The van der Waals surface area contributed by atoms with E-state index in [4.69, 9.17) is 14.7 Å². The molecule has 4 aliphatic rings. The second kappa shape index (κ2) is 11.6. The molecule has 1 saturated carbocycles. The summed E-state index contributed by atoms with van der Waals surface area (Å²) in [5, 5.41) is 5.85. The highest BCUT2D eigenvalue weighted by molar-refractivity contribution is 6.09. The number of pyridine rings is 1. The number of hydrogen-bond donors (Lipinski definition) is 2. The molecule has 3 fully saturated rings. The summed E-state index contributed by atoms with van der Waals surface area (Å²) in [5.41, 5.74) is 5.31. The van der Waals surface area contributed by atoms with Crippen LogP contribution in [0.3, 0.4) is 0 Å². The number of imidazole rings is 1. The van der Waals surface area contributed by atoms with Gasteiger partial charge in [-0.05, 0) is 95.7 Å². The lowest BCUT2D eigenvalue weighted by atomic mass is 9.82. The highest BCUT2D eigenvalue weighted by atomic mass is 19.1. The number of carbonyl (C=O) groups excluding carboxylic acids is 2. The number of anilines is 3. The highest BCUT2D eigenvalue weighted by Crippen LogP contribution is 2.49. The summed E-state index contributed by atoms with van der Waals surface area (Å²) < 4.78 is 23.2. The first-order chi connectivity index (χ1) is 23.5. The van der Waals surface area contributed by atoms with Crippen LogP contribution < -0.4 is 15.5 Å². The zero-order valence-corrected chi connectivity index (χ0v) is 29.0. The molecule has 10 nitrogen and oxygen atoms in total. The van der Waals surface area contributed by atoms with Crippen molar-refractivity contribution in [3.63, 3.8) is 0 Å². The van der Waals surface area contributed by atoms with Gasteiger partial charge < -0.3 is 24.8 Å². The molecular formula is C38H44FN7O3. The van der Waals surface area contributed by atoms with Gasteiger partial charge in [0.05, 0.1) is 41.9 Å². The third-order valence-corrected chi connectivity index (χ3v) is 11.3. The predicted octanol–water partition coefficient (Wildman–Crippen LogP) is 6.25. The van der Waals surface area contributed by atoms with Gasteiger partial charge in [-0.15, -0.1) is 0 Å². The van der Waals surface area contributed by atoms with Crippen molar-refractivity contribution in [2.45, 2.75) is 95.9 Å². The van der Waals surface area contributed by atoms with Crippen molar-refractivity contribution >= 4 is 40.0 Å². The number of benzene rings is 2. The first-order valence-corrected chi connectivity index (χ1v) is 17.5. The number of fused-ring (bicyclic) bond motifs is 4. The minimum absolute atomic E-state index is 0.0725. The summed E-state index contributed by atoms with van der Waals surface area (Å²) in [6.07, 6.45) is 6.09. The third kappa shape index (κ3) is 5.03. The van der Waals surface area contributed by atoms with Gasteiger partial charge in [0.15, 0.2) is 5.82 Å². The summed E-state index contributed by atoms with van der Waals surface area (Å²) in [7, 11) is 1.55. The summed E-state index contributed by atoms with van der Waals surface area (Å²) in [6.45, 7) is 11.5. The Balaban J connectivity index is 1.16. The lowest BCUT2D eigenvalue weighted by Crippen LogP contribution is -2.61. The van der Waals surface area contributed by atoms with Gasteiger partial charge in [-0.3, -0.25) is 14.5 Å². The van der Waals surface area contributed by atoms with Crippen LogP contribution in [0.25, 0.3) is 22.3 Å². The van der Waals surface area contributed by atoms with E-state index in [0.717, 1.165) is 48.4 Å². The van der Waals surface area contributed by atoms with E-state index in [-0.39, 0.29) is 29.6 Å². The van der Waals surface area contributed by atoms with Crippen LogP contribution >= 0.6 is 0 Å². The van der Waals surface area contributed by atoms with Crippen molar-refractivity contribution in [1.82, 2.24) is 24.8 Å². The Kier molecular flexibility index (Phi) is 7.56. The zero-order valence-electron chi connectivity index (χ0n) is 29.0. The van der Waals surface area contributed by atoms with Gasteiger partial charge in [-0.25, -0.2) is 14.4 Å². The fraction of sp³-hybridized carbons (Fsp3) is 0.474. The molecule has 256 valence electrons. The van der Waals surface area contributed by atoms with Crippen LogP contribution in [0, 0.1) is 12.7 Å². The van der Waals surface area contributed by atoms with Gasteiger partial charge in [-0.2, -0.15) is 0 Å². The minimum atomic E-state index is -0.636. The van der Waals surface area contributed by atoms with E-state index >= 15 is 4.39 Å². The fourth-order valence-electron chi connectivity index (χ4n) is 8.54. The number of aromatic nitrogens is 3. The molecule has 2 unspecified atom stereocenters. The Hall–Kier alpha value is -4.35. The molecule has 2 atom stereocenters. The van der Waals surface area contributed by atoms with Crippen molar-refractivity contribution in [1.29, 1.82) is 0 Å². The molecule has 5 heterocycles. The summed E-state index contributed by atoms with van der Waals surface area (Å²) in [6, 6.07) is 12.7. The molecule has 0 radical (unpaired) electrons. The summed E-state index contributed by atoms with van der Waals surface area (Å²) >= 11 is 0. The SMILES string of the molecule is CNC(=O)c1cc(Nc2nc(-c3ccc4c(c3)N([C@H]3C[C@@H](N5C6CCC5COC6)C3)C(=O)C4(C)C)cc3ncn(C(C)C)c23)c(F)cc1C. The van der Waals surface area contributed by atoms with Gasteiger partial charge in [0.2, 0.25) is 5.91 Å². The maximum atomic E-state index is 15.4. The van der Waals surface area contributed by atoms with Crippen LogP contribution in [0.15, 0.2) is 42.7 Å². The molecule has 3 aliphatic heterocycles. The maximum absolute atomic E-state index is 15.4. The largest absolute Gasteiger partial charge is 0.378 e. The lowest BCUT2D eigenvalue weighted by Gasteiger charge is -2.50. The van der Waals surface area contributed by atoms with Crippen molar-refractivity contribution in [2.75, 3.05) is 30.5 Å². The number of halogens is 1. The van der Waals surface area contributed by atoms with Crippen LogP contribution in [0.4, 0.5) is 21.6 Å². The second-order valence-electron chi connectivity index (χ2n) is 15.0. The van der Waals surface area contributed by atoms with Crippen molar-refractivity contribution in [3.05, 3.63) is 65.2 Å². The van der Waals surface area contributed by atoms with Crippen LogP contribution in [0.5, 0.6) is 0 Å².